The van der Waals surface area contributed by atoms with Crippen LogP contribution in [-0.2, 0) is 19.6 Å². The molecule has 0 aromatic heterocycles. The third kappa shape index (κ3) is 5.88. The highest BCUT2D eigenvalue weighted by atomic mass is 32.2. The molecule has 0 radical (unpaired) electrons. The second-order valence-electron chi connectivity index (χ2n) is 6.32. The standard InChI is InChI=1S/C19H20N2O7S2/c1-12-4-5-13(2)15(8-12)17(22)11-28-19(23)10-20-30(26,27)14-6-7-18(29-3)16(9-14)21(24)25/h4-9,20H,10-11H2,1-3H3. The number of carbonyl (C=O) groups is 2. The van der Waals surface area contributed by atoms with Gasteiger partial charge in [-0.05, 0) is 43.9 Å². The lowest BCUT2D eigenvalue weighted by atomic mass is 10.0. The van der Waals surface area contributed by atoms with Gasteiger partial charge in [0.2, 0.25) is 15.8 Å². The largest absolute Gasteiger partial charge is 0.456 e. The fourth-order valence-electron chi connectivity index (χ4n) is 2.53. The molecule has 0 amide bonds. The molecule has 1 N–H and O–H groups in total. The Labute approximate surface area is 178 Å². The van der Waals surface area contributed by atoms with Crippen molar-refractivity contribution in [3.63, 3.8) is 0 Å². The van der Waals surface area contributed by atoms with Crippen LogP contribution in [0.5, 0.6) is 0 Å². The molecule has 11 heteroatoms. The smallest absolute Gasteiger partial charge is 0.321 e. The van der Waals surface area contributed by atoms with Gasteiger partial charge >= 0.3 is 5.97 Å². The molecule has 0 heterocycles. The van der Waals surface area contributed by atoms with Crippen LogP contribution in [0.1, 0.15) is 21.5 Å². The van der Waals surface area contributed by atoms with E-state index in [9.17, 15) is 28.1 Å². The van der Waals surface area contributed by atoms with Gasteiger partial charge in [-0.15, -0.1) is 11.8 Å². The number of hydrogen-bond donors (Lipinski definition) is 1. The number of thioether (sulfide) groups is 1. The number of sulfonamides is 1. The fraction of sp³-hybridized carbons (Fsp3) is 0.263. The Kier molecular flexibility index (Phi) is 7.71. The summed E-state index contributed by atoms with van der Waals surface area (Å²) in [7, 11) is -4.19. The molecule has 0 aliphatic rings. The minimum absolute atomic E-state index is 0.309. The van der Waals surface area contributed by atoms with Crippen molar-refractivity contribution in [2.24, 2.45) is 0 Å². The number of aryl methyl sites for hydroxylation is 2. The van der Waals surface area contributed by atoms with Crippen LogP contribution in [-0.4, -0.2) is 44.5 Å². The minimum atomic E-state index is -4.19. The molecule has 0 saturated heterocycles. The van der Waals surface area contributed by atoms with Crippen LogP contribution in [0, 0.1) is 24.0 Å². The molecule has 0 unspecified atom stereocenters. The number of ketones is 1. The van der Waals surface area contributed by atoms with Crippen molar-refractivity contribution in [3.8, 4) is 0 Å². The van der Waals surface area contributed by atoms with Gasteiger partial charge in [-0.1, -0.05) is 17.7 Å². The van der Waals surface area contributed by atoms with Crippen molar-refractivity contribution in [2.45, 2.75) is 23.6 Å². The third-order valence-corrected chi connectivity index (χ3v) is 6.31. The van der Waals surface area contributed by atoms with Crippen LogP contribution in [0.3, 0.4) is 0 Å². The van der Waals surface area contributed by atoms with E-state index in [4.69, 9.17) is 4.74 Å². The monoisotopic (exact) mass is 452 g/mol. The molecular weight excluding hydrogens is 432 g/mol. The van der Waals surface area contributed by atoms with Crippen molar-refractivity contribution in [1.82, 2.24) is 4.72 Å². The van der Waals surface area contributed by atoms with Crippen molar-refractivity contribution >= 4 is 39.2 Å². The van der Waals surface area contributed by atoms with Crippen molar-refractivity contribution in [3.05, 3.63) is 63.2 Å². The Hall–Kier alpha value is -2.76. The second-order valence-corrected chi connectivity index (χ2v) is 8.93. The average molecular weight is 453 g/mol. The Morgan fingerprint density at radius 3 is 2.50 bits per heavy atom. The van der Waals surface area contributed by atoms with Gasteiger partial charge in [0, 0.05) is 11.6 Å². The van der Waals surface area contributed by atoms with Crippen LogP contribution in [0.25, 0.3) is 0 Å². The maximum absolute atomic E-state index is 12.3. The van der Waals surface area contributed by atoms with Crippen molar-refractivity contribution in [2.75, 3.05) is 19.4 Å². The number of Topliss-reactive ketones (excluding diaryl/α,β-unsaturated/α-hetero) is 1. The minimum Gasteiger partial charge on any atom is -0.456 e. The van der Waals surface area contributed by atoms with E-state index in [-0.39, 0.29) is 10.6 Å². The molecule has 160 valence electrons. The molecule has 2 aromatic rings. The number of nitrogens with zero attached hydrogens (tertiary/aromatic N) is 1. The number of nitro groups is 1. The maximum atomic E-state index is 12.3. The lowest BCUT2D eigenvalue weighted by molar-refractivity contribution is -0.387. The van der Waals surface area contributed by atoms with Crippen LogP contribution in [0.15, 0.2) is 46.2 Å². The Morgan fingerprint density at radius 2 is 1.87 bits per heavy atom. The molecule has 0 atom stereocenters. The van der Waals surface area contributed by atoms with Gasteiger partial charge in [-0.3, -0.25) is 19.7 Å². The first kappa shape index (κ1) is 23.5. The van der Waals surface area contributed by atoms with E-state index in [1.54, 1.807) is 25.3 Å². The summed E-state index contributed by atoms with van der Waals surface area (Å²) in [6.07, 6.45) is 1.63. The highest BCUT2D eigenvalue weighted by Crippen LogP contribution is 2.29. The highest BCUT2D eigenvalue weighted by Gasteiger charge is 2.22. The summed E-state index contributed by atoms with van der Waals surface area (Å²) in [6.45, 7) is 2.33. The van der Waals surface area contributed by atoms with E-state index in [1.165, 1.54) is 12.1 Å². The number of ether oxygens (including phenoxy) is 1. The summed E-state index contributed by atoms with van der Waals surface area (Å²) in [4.78, 5) is 34.5. The van der Waals surface area contributed by atoms with Gasteiger partial charge in [0.25, 0.3) is 5.69 Å². The van der Waals surface area contributed by atoms with Crippen molar-refractivity contribution in [1.29, 1.82) is 0 Å². The molecule has 0 fully saturated rings. The first-order chi connectivity index (χ1) is 14.0. The average Bonchev–Trinajstić information content (AvgIpc) is 2.71. The summed E-state index contributed by atoms with van der Waals surface area (Å²) in [5, 5.41) is 11.1. The molecular formula is C19H20N2O7S2. The number of nitrogens with one attached hydrogen (secondary N) is 1. The number of carbonyl (C=O) groups excluding carboxylic acids is 2. The van der Waals surface area contributed by atoms with Gasteiger partial charge in [0.15, 0.2) is 6.61 Å². The van der Waals surface area contributed by atoms with Gasteiger partial charge in [-0.25, -0.2) is 8.42 Å². The molecule has 0 spiro atoms. The highest BCUT2D eigenvalue weighted by molar-refractivity contribution is 7.98. The summed E-state index contributed by atoms with van der Waals surface area (Å²) < 4.78 is 31.6. The maximum Gasteiger partial charge on any atom is 0.321 e. The Bertz CT molecular complexity index is 1100. The van der Waals surface area contributed by atoms with Gasteiger partial charge < -0.3 is 4.74 Å². The van der Waals surface area contributed by atoms with Crippen LogP contribution in [0.2, 0.25) is 0 Å². The summed E-state index contributed by atoms with van der Waals surface area (Å²) in [5.41, 5.74) is 1.68. The summed E-state index contributed by atoms with van der Waals surface area (Å²) in [5.74, 6) is -1.36. The molecule has 0 bridgehead atoms. The first-order valence-electron chi connectivity index (χ1n) is 8.63. The second kappa shape index (κ2) is 9.83. The predicted octanol–water partition coefficient (Wildman–Crippen LogP) is 2.64. The SMILES string of the molecule is CSc1ccc(S(=O)(=O)NCC(=O)OCC(=O)c2cc(C)ccc2C)cc1[N+](=O)[O-]. The molecule has 2 rings (SSSR count). The van der Waals surface area contributed by atoms with E-state index in [0.29, 0.717) is 10.5 Å². The molecule has 30 heavy (non-hydrogen) atoms. The van der Waals surface area contributed by atoms with E-state index >= 15 is 0 Å². The van der Waals surface area contributed by atoms with E-state index in [2.05, 4.69) is 0 Å². The van der Waals surface area contributed by atoms with Gasteiger partial charge in [-0.2, -0.15) is 4.72 Å². The predicted molar refractivity (Wildman–Crippen MR) is 111 cm³/mol. The lowest BCUT2D eigenvalue weighted by Gasteiger charge is -2.09. The zero-order valence-electron chi connectivity index (χ0n) is 16.5. The summed E-state index contributed by atoms with van der Waals surface area (Å²) in [6, 6.07) is 8.75. The summed E-state index contributed by atoms with van der Waals surface area (Å²) >= 11 is 1.11. The Morgan fingerprint density at radius 1 is 1.17 bits per heavy atom. The van der Waals surface area contributed by atoms with E-state index in [1.807, 2.05) is 17.7 Å². The zero-order chi connectivity index (χ0) is 22.5. The molecule has 0 aliphatic carbocycles. The number of esters is 1. The zero-order valence-corrected chi connectivity index (χ0v) is 18.1. The fourth-order valence-corrected chi connectivity index (χ4v) is 4.06. The molecule has 0 aliphatic heterocycles. The normalized spacial score (nSPS) is 11.2. The van der Waals surface area contributed by atoms with Gasteiger partial charge in [0.1, 0.15) is 6.54 Å². The third-order valence-electron chi connectivity index (χ3n) is 4.12. The number of hydrogen-bond acceptors (Lipinski definition) is 8. The molecule has 0 saturated carbocycles. The van der Waals surface area contributed by atoms with Crippen molar-refractivity contribution < 1.29 is 27.7 Å². The van der Waals surface area contributed by atoms with Gasteiger partial charge in [0.05, 0.1) is 14.7 Å². The topological polar surface area (TPSA) is 133 Å². The number of rotatable bonds is 9. The molecule has 9 nitrogen and oxygen atoms in total. The van der Waals surface area contributed by atoms with Crippen LogP contribution in [0.4, 0.5) is 5.69 Å². The Balaban J connectivity index is 2.00. The first-order valence-corrected chi connectivity index (χ1v) is 11.3. The quantitative estimate of drug-likeness (QED) is 0.202. The molecule has 2 aromatic carbocycles. The number of nitro benzene ring substituents is 1. The lowest BCUT2D eigenvalue weighted by Crippen LogP contribution is -2.31. The van der Waals surface area contributed by atoms with Crippen LogP contribution < -0.4 is 4.72 Å². The van der Waals surface area contributed by atoms with E-state index < -0.39 is 39.9 Å². The number of benzene rings is 2. The van der Waals surface area contributed by atoms with Crippen LogP contribution >= 0.6 is 11.8 Å². The van der Waals surface area contributed by atoms with E-state index in [0.717, 1.165) is 29.0 Å².